The normalized spacial score (nSPS) is 19.8. The Bertz CT molecular complexity index is 439. The molecule has 1 amide bonds. The van der Waals surface area contributed by atoms with Crippen molar-refractivity contribution >= 4 is 11.6 Å². The lowest BCUT2D eigenvalue weighted by Crippen LogP contribution is -2.26. The fourth-order valence-electron chi connectivity index (χ4n) is 1.78. The Kier molecular flexibility index (Phi) is 3.56. The summed E-state index contributed by atoms with van der Waals surface area (Å²) in [5.74, 6) is -0.396. The molecule has 0 aromatic heterocycles. The summed E-state index contributed by atoms with van der Waals surface area (Å²) in [5.41, 5.74) is -0.655. The maximum absolute atomic E-state index is 12.5. The lowest BCUT2D eigenvalue weighted by atomic mass is 10.2. The van der Waals surface area contributed by atoms with Crippen LogP contribution < -0.4 is 5.32 Å². The summed E-state index contributed by atoms with van der Waals surface area (Å²) < 4.78 is 42.6. The summed E-state index contributed by atoms with van der Waals surface area (Å²) in [6.07, 6.45) is -3.57. The maximum atomic E-state index is 12.5. The van der Waals surface area contributed by atoms with E-state index in [2.05, 4.69) is 5.32 Å². The predicted molar refractivity (Wildman–Crippen MR) is 59.0 cm³/mol. The van der Waals surface area contributed by atoms with E-state index in [9.17, 15) is 18.0 Å². The molecule has 6 heteroatoms. The molecule has 0 spiro atoms. The number of alkyl halides is 3. The number of anilines is 1. The second-order valence-corrected chi connectivity index (χ2v) is 4.07. The van der Waals surface area contributed by atoms with Crippen LogP contribution in [0.1, 0.15) is 18.4 Å². The molecule has 0 radical (unpaired) electrons. The summed E-state index contributed by atoms with van der Waals surface area (Å²) in [7, 11) is 0. The molecule has 98 valence electrons. The topological polar surface area (TPSA) is 38.3 Å². The van der Waals surface area contributed by atoms with Crippen LogP contribution in [0.15, 0.2) is 24.3 Å². The van der Waals surface area contributed by atoms with Gasteiger partial charge in [0, 0.05) is 12.3 Å². The molecule has 0 saturated carbocycles. The zero-order valence-electron chi connectivity index (χ0n) is 9.46. The van der Waals surface area contributed by atoms with Gasteiger partial charge in [0.1, 0.15) is 6.10 Å². The highest BCUT2D eigenvalue weighted by Gasteiger charge is 2.31. The molecule has 18 heavy (non-hydrogen) atoms. The second-order valence-electron chi connectivity index (χ2n) is 4.07. The van der Waals surface area contributed by atoms with Gasteiger partial charge < -0.3 is 10.1 Å². The van der Waals surface area contributed by atoms with Crippen molar-refractivity contribution in [2.75, 3.05) is 11.9 Å². The monoisotopic (exact) mass is 259 g/mol. The van der Waals surface area contributed by atoms with E-state index < -0.39 is 23.8 Å². The van der Waals surface area contributed by atoms with Crippen LogP contribution in [0.4, 0.5) is 18.9 Å². The number of amides is 1. The number of carbonyl (C=O) groups is 1. The van der Waals surface area contributed by atoms with E-state index in [1.165, 1.54) is 12.1 Å². The highest BCUT2D eigenvalue weighted by molar-refractivity contribution is 5.94. The fourth-order valence-corrected chi connectivity index (χ4v) is 1.78. The van der Waals surface area contributed by atoms with Crippen LogP contribution in [0.3, 0.4) is 0 Å². The molecule has 1 aliphatic rings. The van der Waals surface area contributed by atoms with Crippen molar-refractivity contribution < 1.29 is 22.7 Å². The van der Waals surface area contributed by atoms with Crippen molar-refractivity contribution in [2.24, 2.45) is 0 Å². The maximum Gasteiger partial charge on any atom is 0.416 e. The van der Waals surface area contributed by atoms with Crippen molar-refractivity contribution in [3.8, 4) is 0 Å². The minimum atomic E-state index is -4.41. The van der Waals surface area contributed by atoms with Crippen LogP contribution in [-0.4, -0.2) is 18.6 Å². The van der Waals surface area contributed by atoms with Gasteiger partial charge in [0.25, 0.3) is 5.91 Å². The lowest BCUT2D eigenvalue weighted by Gasteiger charge is -2.12. The minimum Gasteiger partial charge on any atom is -0.368 e. The predicted octanol–water partition coefficient (Wildman–Crippen LogP) is 2.82. The van der Waals surface area contributed by atoms with E-state index >= 15 is 0 Å². The van der Waals surface area contributed by atoms with Gasteiger partial charge in [0.05, 0.1) is 5.56 Å². The molecule has 1 atom stereocenters. The number of hydrogen-bond acceptors (Lipinski definition) is 2. The van der Waals surface area contributed by atoms with Gasteiger partial charge in [-0.25, -0.2) is 0 Å². The zero-order valence-corrected chi connectivity index (χ0v) is 9.46. The van der Waals surface area contributed by atoms with E-state index in [-0.39, 0.29) is 5.69 Å². The van der Waals surface area contributed by atoms with Gasteiger partial charge in [0.15, 0.2) is 0 Å². The van der Waals surface area contributed by atoms with Gasteiger partial charge >= 0.3 is 6.18 Å². The van der Waals surface area contributed by atoms with E-state index in [1.807, 2.05) is 0 Å². The highest BCUT2D eigenvalue weighted by atomic mass is 19.4. The number of halogens is 3. The lowest BCUT2D eigenvalue weighted by molar-refractivity contribution is -0.137. The molecule has 1 aromatic carbocycles. The first-order valence-electron chi connectivity index (χ1n) is 5.56. The Morgan fingerprint density at radius 2 is 2.17 bits per heavy atom. The molecule has 0 unspecified atom stereocenters. The van der Waals surface area contributed by atoms with Gasteiger partial charge in [-0.05, 0) is 31.0 Å². The summed E-state index contributed by atoms with van der Waals surface area (Å²) in [6.45, 7) is 0.515. The Morgan fingerprint density at radius 3 is 2.78 bits per heavy atom. The molecule has 0 aliphatic carbocycles. The summed E-state index contributed by atoms with van der Waals surface area (Å²) in [6, 6.07) is 4.55. The first kappa shape index (κ1) is 12.9. The highest BCUT2D eigenvalue weighted by Crippen LogP contribution is 2.30. The van der Waals surface area contributed by atoms with E-state index in [4.69, 9.17) is 4.74 Å². The van der Waals surface area contributed by atoms with Crippen molar-refractivity contribution in [1.82, 2.24) is 0 Å². The van der Waals surface area contributed by atoms with Crippen LogP contribution in [-0.2, 0) is 15.7 Å². The summed E-state index contributed by atoms with van der Waals surface area (Å²) >= 11 is 0. The van der Waals surface area contributed by atoms with E-state index in [0.29, 0.717) is 13.0 Å². The van der Waals surface area contributed by atoms with Gasteiger partial charge in [0.2, 0.25) is 0 Å². The summed E-state index contributed by atoms with van der Waals surface area (Å²) in [5, 5.41) is 2.43. The van der Waals surface area contributed by atoms with Crippen molar-refractivity contribution in [3.63, 3.8) is 0 Å². The molecular formula is C12H12F3NO2. The second kappa shape index (κ2) is 4.97. The third-order valence-electron chi connectivity index (χ3n) is 2.68. The number of rotatable bonds is 2. The number of carbonyl (C=O) groups excluding carboxylic acids is 1. The van der Waals surface area contributed by atoms with Gasteiger partial charge in [-0.3, -0.25) is 4.79 Å². The first-order chi connectivity index (χ1) is 8.47. The molecule has 1 saturated heterocycles. The molecule has 1 aliphatic heterocycles. The number of hydrogen-bond donors (Lipinski definition) is 1. The Hall–Kier alpha value is -1.56. The van der Waals surface area contributed by atoms with Crippen LogP contribution in [0, 0.1) is 0 Å². The zero-order chi connectivity index (χ0) is 13.2. The average Bonchev–Trinajstić information content (AvgIpc) is 2.81. The average molecular weight is 259 g/mol. The molecule has 3 nitrogen and oxygen atoms in total. The third-order valence-corrected chi connectivity index (χ3v) is 2.68. The van der Waals surface area contributed by atoms with Crippen LogP contribution >= 0.6 is 0 Å². The van der Waals surface area contributed by atoms with Crippen LogP contribution in [0.25, 0.3) is 0 Å². The fraction of sp³-hybridized carbons (Fsp3) is 0.417. The molecular weight excluding hydrogens is 247 g/mol. The summed E-state index contributed by atoms with van der Waals surface area (Å²) in [4.78, 5) is 11.7. The molecule has 1 aromatic rings. The van der Waals surface area contributed by atoms with E-state index in [1.54, 1.807) is 0 Å². The third kappa shape index (κ3) is 3.01. The number of ether oxygens (including phenoxy) is 1. The molecule has 0 bridgehead atoms. The molecule has 1 heterocycles. The number of benzene rings is 1. The van der Waals surface area contributed by atoms with Gasteiger partial charge in [-0.2, -0.15) is 13.2 Å². The van der Waals surface area contributed by atoms with Crippen molar-refractivity contribution in [2.45, 2.75) is 25.1 Å². The Labute approximate surface area is 102 Å². The molecule has 1 N–H and O–H groups in total. The minimum absolute atomic E-state index is 0.130. The quantitative estimate of drug-likeness (QED) is 0.886. The van der Waals surface area contributed by atoms with E-state index in [0.717, 1.165) is 18.6 Å². The SMILES string of the molecule is O=C(Nc1cccc(C(F)(F)F)c1)[C@@H]1CCCO1. The van der Waals surface area contributed by atoms with Crippen LogP contribution in [0.2, 0.25) is 0 Å². The van der Waals surface area contributed by atoms with Crippen LogP contribution in [0.5, 0.6) is 0 Å². The van der Waals surface area contributed by atoms with Crippen molar-refractivity contribution in [1.29, 1.82) is 0 Å². The Morgan fingerprint density at radius 1 is 1.39 bits per heavy atom. The molecule has 2 rings (SSSR count). The van der Waals surface area contributed by atoms with Crippen molar-refractivity contribution in [3.05, 3.63) is 29.8 Å². The number of nitrogens with one attached hydrogen (secondary N) is 1. The smallest absolute Gasteiger partial charge is 0.368 e. The Balaban J connectivity index is 2.07. The molecule has 1 fully saturated rings. The standard InChI is InChI=1S/C12H12F3NO2/c13-12(14,15)8-3-1-4-9(7-8)16-11(17)10-5-2-6-18-10/h1,3-4,7,10H,2,5-6H2,(H,16,17)/t10-/m0/s1. The van der Waals surface area contributed by atoms with Gasteiger partial charge in [-0.1, -0.05) is 6.07 Å². The van der Waals surface area contributed by atoms with Gasteiger partial charge in [-0.15, -0.1) is 0 Å². The largest absolute Gasteiger partial charge is 0.416 e. The first-order valence-corrected chi connectivity index (χ1v) is 5.56.